The Balaban J connectivity index is 2.42. The number of hydrogen-bond donors (Lipinski definition) is 1. The minimum atomic E-state index is -0.0919. The Bertz CT molecular complexity index is 629. The van der Waals surface area contributed by atoms with Gasteiger partial charge >= 0.3 is 0 Å². The molecule has 0 aliphatic heterocycles. The number of anilines is 1. The molecular formula is C12H15BrN4O. The Labute approximate surface area is 113 Å². The van der Waals surface area contributed by atoms with E-state index in [1.165, 1.54) is 0 Å². The number of aryl methyl sites for hydroxylation is 2. The second-order valence-electron chi connectivity index (χ2n) is 4.15. The fraction of sp³-hybridized carbons (Fsp3) is 0.333. The lowest BCUT2D eigenvalue weighted by Gasteiger charge is -2.09. The quantitative estimate of drug-likeness (QED) is 0.939. The predicted molar refractivity (Wildman–Crippen MR) is 74.6 cm³/mol. The molecule has 5 nitrogen and oxygen atoms in total. The van der Waals surface area contributed by atoms with Crippen molar-refractivity contribution in [1.82, 2.24) is 14.3 Å². The van der Waals surface area contributed by atoms with Gasteiger partial charge in [-0.05, 0) is 41.9 Å². The van der Waals surface area contributed by atoms with E-state index in [4.69, 9.17) is 5.73 Å². The molecule has 0 aliphatic carbocycles. The molecule has 0 spiro atoms. The minimum Gasteiger partial charge on any atom is -0.398 e. The molecule has 0 saturated heterocycles. The second kappa shape index (κ2) is 4.97. The molecule has 0 amide bonds. The average Bonchev–Trinajstić information content (AvgIpc) is 2.65. The third-order valence-electron chi connectivity index (χ3n) is 2.68. The van der Waals surface area contributed by atoms with Crippen LogP contribution in [-0.4, -0.2) is 14.3 Å². The van der Waals surface area contributed by atoms with Gasteiger partial charge in [0, 0.05) is 18.4 Å². The molecule has 0 bridgehead atoms. The second-order valence-corrected chi connectivity index (χ2v) is 5.00. The van der Waals surface area contributed by atoms with E-state index in [-0.39, 0.29) is 5.56 Å². The van der Waals surface area contributed by atoms with Gasteiger partial charge in [-0.2, -0.15) is 5.10 Å². The van der Waals surface area contributed by atoms with E-state index in [1.54, 1.807) is 16.8 Å². The molecule has 0 unspecified atom stereocenters. The number of halogens is 1. The summed E-state index contributed by atoms with van der Waals surface area (Å²) in [5, 5.41) is 4.36. The largest absolute Gasteiger partial charge is 0.398 e. The van der Waals surface area contributed by atoms with Crippen molar-refractivity contribution < 1.29 is 0 Å². The van der Waals surface area contributed by atoms with Crippen LogP contribution < -0.4 is 11.3 Å². The molecule has 0 atom stereocenters. The third kappa shape index (κ3) is 2.48. The number of aromatic nitrogens is 3. The molecule has 0 radical (unpaired) electrons. The first-order valence-electron chi connectivity index (χ1n) is 5.70. The van der Waals surface area contributed by atoms with Crippen LogP contribution in [-0.2, 0) is 13.1 Å². The van der Waals surface area contributed by atoms with E-state index in [0.29, 0.717) is 16.7 Å². The third-order valence-corrected chi connectivity index (χ3v) is 3.25. The van der Waals surface area contributed by atoms with Crippen LogP contribution in [0.3, 0.4) is 0 Å². The Kier molecular flexibility index (Phi) is 3.56. The first-order valence-corrected chi connectivity index (χ1v) is 6.49. The molecule has 2 rings (SSSR count). The number of nitrogen functional groups attached to an aromatic ring is 1. The molecule has 0 aromatic carbocycles. The highest BCUT2D eigenvalue weighted by molar-refractivity contribution is 9.10. The van der Waals surface area contributed by atoms with Gasteiger partial charge in [0.15, 0.2) is 0 Å². The van der Waals surface area contributed by atoms with E-state index >= 15 is 0 Å². The number of rotatable bonds is 3. The van der Waals surface area contributed by atoms with Gasteiger partial charge in [-0.15, -0.1) is 0 Å². The van der Waals surface area contributed by atoms with E-state index in [2.05, 4.69) is 21.0 Å². The molecule has 18 heavy (non-hydrogen) atoms. The van der Waals surface area contributed by atoms with Crippen molar-refractivity contribution in [2.45, 2.75) is 26.9 Å². The molecule has 2 aromatic heterocycles. The highest BCUT2D eigenvalue weighted by Crippen LogP contribution is 2.11. The van der Waals surface area contributed by atoms with Crippen LogP contribution >= 0.6 is 15.9 Å². The van der Waals surface area contributed by atoms with Crippen molar-refractivity contribution in [1.29, 1.82) is 0 Å². The SMILES string of the molecule is CCn1nc(C)cc1Cn1cc(N)cc(Br)c1=O. The lowest BCUT2D eigenvalue weighted by atomic mass is 10.3. The van der Waals surface area contributed by atoms with Crippen molar-refractivity contribution in [3.8, 4) is 0 Å². The highest BCUT2D eigenvalue weighted by Gasteiger charge is 2.08. The summed E-state index contributed by atoms with van der Waals surface area (Å²) in [5.41, 5.74) is 8.15. The maximum Gasteiger partial charge on any atom is 0.265 e. The maximum absolute atomic E-state index is 12.0. The summed E-state index contributed by atoms with van der Waals surface area (Å²) in [7, 11) is 0. The zero-order chi connectivity index (χ0) is 13.3. The van der Waals surface area contributed by atoms with Crippen molar-refractivity contribution >= 4 is 21.6 Å². The summed E-state index contributed by atoms with van der Waals surface area (Å²) in [5.74, 6) is 0. The smallest absolute Gasteiger partial charge is 0.265 e. The van der Waals surface area contributed by atoms with Crippen LogP contribution in [0.15, 0.2) is 27.6 Å². The zero-order valence-electron chi connectivity index (χ0n) is 10.4. The number of nitrogens with two attached hydrogens (primary N) is 1. The Hall–Kier alpha value is -1.56. The predicted octanol–water partition coefficient (Wildman–Crippen LogP) is 1.77. The molecule has 6 heteroatoms. The van der Waals surface area contributed by atoms with Crippen molar-refractivity contribution in [2.24, 2.45) is 0 Å². The average molecular weight is 311 g/mol. The summed E-state index contributed by atoms with van der Waals surface area (Å²) in [6.45, 7) is 5.21. The van der Waals surface area contributed by atoms with Crippen molar-refractivity contribution in [3.63, 3.8) is 0 Å². The van der Waals surface area contributed by atoms with Crippen molar-refractivity contribution in [2.75, 3.05) is 5.73 Å². The molecule has 0 saturated carbocycles. The van der Waals surface area contributed by atoms with Gasteiger partial charge in [-0.1, -0.05) is 0 Å². The topological polar surface area (TPSA) is 65.8 Å². The first kappa shape index (κ1) is 12.9. The van der Waals surface area contributed by atoms with Crippen LogP contribution in [0.4, 0.5) is 5.69 Å². The lowest BCUT2D eigenvalue weighted by Crippen LogP contribution is -2.22. The zero-order valence-corrected chi connectivity index (χ0v) is 11.9. The van der Waals surface area contributed by atoms with Gasteiger partial charge in [0.25, 0.3) is 5.56 Å². The van der Waals surface area contributed by atoms with Gasteiger partial charge in [-0.3, -0.25) is 9.48 Å². The van der Waals surface area contributed by atoms with Gasteiger partial charge in [0.2, 0.25) is 0 Å². The van der Waals surface area contributed by atoms with Gasteiger partial charge < -0.3 is 10.3 Å². The minimum absolute atomic E-state index is 0.0919. The summed E-state index contributed by atoms with van der Waals surface area (Å²) in [6, 6.07) is 3.59. The fourth-order valence-corrected chi connectivity index (χ4v) is 2.41. The molecule has 96 valence electrons. The summed E-state index contributed by atoms with van der Waals surface area (Å²) in [6.07, 6.45) is 1.65. The Morgan fingerprint density at radius 1 is 1.44 bits per heavy atom. The number of nitrogens with zero attached hydrogens (tertiary/aromatic N) is 3. The van der Waals surface area contributed by atoms with E-state index in [9.17, 15) is 4.79 Å². The summed E-state index contributed by atoms with van der Waals surface area (Å²) < 4.78 is 3.95. The first-order chi connectivity index (χ1) is 8.51. The number of pyridine rings is 1. The van der Waals surface area contributed by atoms with Crippen LogP contribution in [0.2, 0.25) is 0 Å². The molecule has 0 fully saturated rings. The monoisotopic (exact) mass is 310 g/mol. The normalized spacial score (nSPS) is 10.8. The Morgan fingerprint density at radius 2 is 2.17 bits per heavy atom. The van der Waals surface area contributed by atoms with Gasteiger partial charge in [0.05, 0.1) is 22.4 Å². The van der Waals surface area contributed by atoms with Crippen molar-refractivity contribution in [3.05, 3.63) is 44.5 Å². The van der Waals surface area contributed by atoms with E-state index < -0.39 is 0 Å². The fourth-order valence-electron chi connectivity index (χ4n) is 1.91. The van der Waals surface area contributed by atoms with Gasteiger partial charge in [0.1, 0.15) is 0 Å². The lowest BCUT2D eigenvalue weighted by molar-refractivity contribution is 0.591. The standard InChI is InChI=1S/C12H15BrN4O/c1-3-17-10(4-8(2)15-17)7-16-6-9(14)5-11(13)12(16)18/h4-6H,3,7,14H2,1-2H3. The molecule has 2 aromatic rings. The van der Waals surface area contributed by atoms with Crippen LogP contribution in [0.5, 0.6) is 0 Å². The van der Waals surface area contributed by atoms with E-state index in [1.807, 2.05) is 24.6 Å². The summed E-state index contributed by atoms with van der Waals surface area (Å²) in [4.78, 5) is 12.0. The van der Waals surface area contributed by atoms with Crippen LogP contribution in [0.25, 0.3) is 0 Å². The number of hydrogen-bond acceptors (Lipinski definition) is 3. The van der Waals surface area contributed by atoms with Crippen LogP contribution in [0.1, 0.15) is 18.3 Å². The molecular weight excluding hydrogens is 296 g/mol. The van der Waals surface area contributed by atoms with Crippen LogP contribution in [0, 0.1) is 6.92 Å². The maximum atomic E-state index is 12.0. The summed E-state index contributed by atoms with van der Waals surface area (Å²) >= 11 is 3.22. The van der Waals surface area contributed by atoms with E-state index in [0.717, 1.165) is 17.9 Å². The highest BCUT2D eigenvalue weighted by atomic mass is 79.9. The molecule has 2 heterocycles. The van der Waals surface area contributed by atoms with Gasteiger partial charge in [-0.25, -0.2) is 0 Å². The Morgan fingerprint density at radius 3 is 2.83 bits per heavy atom. The molecule has 0 aliphatic rings. The molecule has 2 N–H and O–H groups in total.